The summed E-state index contributed by atoms with van der Waals surface area (Å²) >= 11 is 0. The van der Waals surface area contributed by atoms with E-state index in [-0.39, 0.29) is 12.4 Å². The minimum Gasteiger partial charge on any atom is -0.465 e. The van der Waals surface area contributed by atoms with E-state index in [0.717, 1.165) is 25.0 Å². The van der Waals surface area contributed by atoms with Gasteiger partial charge in [-0.15, -0.1) is 6.58 Å². The number of benzene rings is 3. The molecule has 3 aromatic rings. The van der Waals surface area contributed by atoms with Crippen LogP contribution >= 0.6 is 0 Å². The van der Waals surface area contributed by atoms with Crippen molar-refractivity contribution in [3.05, 3.63) is 90.0 Å². The lowest BCUT2D eigenvalue weighted by atomic mass is 9.93. The van der Waals surface area contributed by atoms with E-state index in [0.29, 0.717) is 5.92 Å². The molecule has 1 aliphatic carbocycles. The highest BCUT2D eigenvalue weighted by Gasteiger charge is 2.26. The van der Waals surface area contributed by atoms with Crippen LogP contribution in [0.5, 0.6) is 5.75 Å². The zero-order valence-electron chi connectivity index (χ0n) is 16.7. The molecule has 28 heavy (non-hydrogen) atoms. The molecule has 4 rings (SSSR count). The summed E-state index contributed by atoms with van der Waals surface area (Å²) in [6.45, 7) is 8.06. The lowest BCUT2D eigenvalue weighted by Crippen LogP contribution is -2.19. The van der Waals surface area contributed by atoms with Crippen LogP contribution in [0.15, 0.2) is 73.3 Å². The van der Waals surface area contributed by atoms with Gasteiger partial charge < -0.3 is 9.47 Å². The normalized spacial score (nSPS) is 17.4. The number of allylic oxidation sites excluding steroid dienone is 1. The van der Waals surface area contributed by atoms with Gasteiger partial charge in [0.15, 0.2) is 6.29 Å². The molecular formula is C26H28O2. The van der Waals surface area contributed by atoms with Gasteiger partial charge in [-0.2, -0.15) is 0 Å². The standard InChI is InChI=1S/C26H28O2/c1-4-8-19(5-2)20-13-15-23(16-14-20)27-18(3)28-25-17-22-11-6-9-21-10-7-12-24(25)26(21)22/h4,6-7,9-16,18-19,25H,1,5,8,17H2,2-3H3. The van der Waals surface area contributed by atoms with Gasteiger partial charge in [0.1, 0.15) is 5.75 Å². The Kier molecular flexibility index (Phi) is 5.50. The smallest absolute Gasteiger partial charge is 0.197 e. The molecule has 0 amide bonds. The third-order valence-electron chi connectivity index (χ3n) is 5.73. The molecule has 3 unspecified atom stereocenters. The second-order valence-corrected chi connectivity index (χ2v) is 7.58. The van der Waals surface area contributed by atoms with Gasteiger partial charge in [-0.1, -0.05) is 61.5 Å². The molecule has 0 fully saturated rings. The molecule has 0 saturated heterocycles. The van der Waals surface area contributed by atoms with Crippen LogP contribution in [0.4, 0.5) is 0 Å². The van der Waals surface area contributed by atoms with Crippen molar-refractivity contribution in [1.29, 1.82) is 0 Å². The Morgan fingerprint density at radius 1 is 1.07 bits per heavy atom. The van der Waals surface area contributed by atoms with Crippen molar-refractivity contribution in [1.82, 2.24) is 0 Å². The van der Waals surface area contributed by atoms with Crippen LogP contribution in [0.3, 0.4) is 0 Å². The van der Waals surface area contributed by atoms with Crippen LogP contribution in [0.1, 0.15) is 55.4 Å². The van der Waals surface area contributed by atoms with Gasteiger partial charge in [-0.25, -0.2) is 0 Å². The highest BCUT2D eigenvalue weighted by atomic mass is 16.7. The topological polar surface area (TPSA) is 18.5 Å². The van der Waals surface area contributed by atoms with Crippen molar-refractivity contribution < 1.29 is 9.47 Å². The van der Waals surface area contributed by atoms with Gasteiger partial charge in [0.25, 0.3) is 0 Å². The van der Waals surface area contributed by atoms with E-state index >= 15 is 0 Å². The predicted octanol–water partition coefficient (Wildman–Crippen LogP) is 6.95. The van der Waals surface area contributed by atoms with E-state index in [1.54, 1.807) is 0 Å². The van der Waals surface area contributed by atoms with Crippen LogP contribution in [0.25, 0.3) is 10.8 Å². The number of hydrogen-bond acceptors (Lipinski definition) is 2. The van der Waals surface area contributed by atoms with E-state index < -0.39 is 0 Å². The monoisotopic (exact) mass is 372 g/mol. The molecule has 3 atom stereocenters. The van der Waals surface area contributed by atoms with Gasteiger partial charge in [-0.05, 0) is 65.3 Å². The first-order valence-electron chi connectivity index (χ1n) is 10.2. The second-order valence-electron chi connectivity index (χ2n) is 7.58. The molecule has 2 nitrogen and oxygen atoms in total. The maximum atomic E-state index is 6.29. The summed E-state index contributed by atoms with van der Waals surface area (Å²) in [6.07, 6.45) is 4.75. The summed E-state index contributed by atoms with van der Waals surface area (Å²) in [5.41, 5.74) is 3.97. The largest absolute Gasteiger partial charge is 0.465 e. The van der Waals surface area contributed by atoms with Crippen molar-refractivity contribution >= 4 is 10.8 Å². The molecule has 2 heteroatoms. The molecule has 0 bridgehead atoms. The van der Waals surface area contributed by atoms with Crippen LogP contribution < -0.4 is 4.74 Å². The Balaban J connectivity index is 1.42. The van der Waals surface area contributed by atoms with Crippen LogP contribution in [-0.2, 0) is 11.2 Å². The fourth-order valence-corrected chi connectivity index (χ4v) is 4.33. The average Bonchev–Trinajstić information content (AvgIpc) is 3.06. The van der Waals surface area contributed by atoms with E-state index in [1.807, 2.05) is 25.1 Å². The van der Waals surface area contributed by atoms with E-state index in [4.69, 9.17) is 9.47 Å². The summed E-state index contributed by atoms with van der Waals surface area (Å²) in [6, 6.07) is 21.4. The fraction of sp³-hybridized carbons (Fsp3) is 0.308. The zero-order chi connectivity index (χ0) is 19.5. The Hall–Kier alpha value is -2.58. The molecule has 0 radical (unpaired) electrons. The van der Waals surface area contributed by atoms with Crippen molar-refractivity contribution in [2.24, 2.45) is 0 Å². The average molecular weight is 373 g/mol. The van der Waals surface area contributed by atoms with Gasteiger partial charge >= 0.3 is 0 Å². The molecule has 3 aromatic carbocycles. The van der Waals surface area contributed by atoms with E-state index in [2.05, 4.69) is 62.0 Å². The van der Waals surface area contributed by atoms with Crippen LogP contribution in [-0.4, -0.2) is 6.29 Å². The Morgan fingerprint density at radius 2 is 1.82 bits per heavy atom. The summed E-state index contributed by atoms with van der Waals surface area (Å²) in [5, 5.41) is 2.63. The number of rotatable bonds is 8. The van der Waals surface area contributed by atoms with Crippen molar-refractivity contribution in [3.8, 4) is 5.75 Å². The predicted molar refractivity (Wildman–Crippen MR) is 116 cm³/mol. The maximum Gasteiger partial charge on any atom is 0.197 e. The number of ether oxygens (including phenoxy) is 2. The molecule has 0 aliphatic heterocycles. The lowest BCUT2D eigenvalue weighted by Gasteiger charge is -2.21. The second kappa shape index (κ2) is 8.20. The Bertz CT molecular complexity index is 953. The quantitative estimate of drug-likeness (QED) is 0.315. The molecule has 144 valence electrons. The van der Waals surface area contributed by atoms with E-state index in [1.165, 1.54) is 27.5 Å². The molecule has 0 aromatic heterocycles. The summed E-state index contributed by atoms with van der Waals surface area (Å²) in [5.74, 6) is 1.37. The van der Waals surface area contributed by atoms with Crippen LogP contribution in [0, 0.1) is 0 Å². The van der Waals surface area contributed by atoms with Gasteiger partial charge in [0, 0.05) is 6.42 Å². The summed E-state index contributed by atoms with van der Waals surface area (Å²) in [4.78, 5) is 0. The maximum absolute atomic E-state index is 6.29. The van der Waals surface area contributed by atoms with Crippen molar-refractivity contribution in [2.45, 2.75) is 51.4 Å². The Labute approximate surface area is 167 Å². The fourth-order valence-electron chi connectivity index (χ4n) is 4.33. The van der Waals surface area contributed by atoms with Gasteiger partial charge in [-0.3, -0.25) is 0 Å². The zero-order valence-corrected chi connectivity index (χ0v) is 16.7. The molecule has 1 aliphatic rings. The number of hydrogen-bond donors (Lipinski definition) is 0. The van der Waals surface area contributed by atoms with E-state index in [9.17, 15) is 0 Å². The highest BCUT2D eigenvalue weighted by Crippen LogP contribution is 2.39. The minimum atomic E-state index is -0.310. The third-order valence-corrected chi connectivity index (χ3v) is 5.73. The first-order valence-corrected chi connectivity index (χ1v) is 10.2. The molecule has 0 heterocycles. The molecule has 0 N–H and O–H groups in total. The first-order chi connectivity index (χ1) is 13.7. The van der Waals surface area contributed by atoms with Crippen molar-refractivity contribution in [3.63, 3.8) is 0 Å². The van der Waals surface area contributed by atoms with Gasteiger partial charge in [0.05, 0.1) is 6.10 Å². The highest BCUT2D eigenvalue weighted by molar-refractivity contribution is 5.91. The molecule has 0 spiro atoms. The third kappa shape index (κ3) is 3.70. The lowest BCUT2D eigenvalue weighted by molar-refractivity contribution is -0.107. The summed E-state index contributed by atoms with van der Waals surface area (Å²) in [7, 11) is 0. The summed E-state index contributed by atoms with van der Waals surface area (Å²) < 4.78 is 12.3. The van der Waals surface area contributed by atoms with Gasteiger partial charge in [0.2, 0.25) is 0 Å². The van der Waals surface area contributed by atoms with Crippen molar-refractivity contribution in [2.75, 3.05) is 0 Å². The minimum absolute atomic E-state index is 0.0486. The van der Waals surface area contributed by atoms with Crippen LogP contribution in [0.2, 0.25) is 0 Å². The molecule has 0 saturated carbocycles. The Morgan fingerprint density at radius 3 is 2.54 bits per heavy atom. The first kappa shape index (κ1) is 18.8. The SMILES string of the molecule is C=CCC(CC)c1ccc(OC(C)OC2Cc3cccc4cccc2c34)cc1. The molecular weight excluding hydrogens is 344 g/mol.